The van der Waals surface area contributed by atoms with Gasteiger partial charge in [-0.05, 0) is 30.7 Å². The number of likely N-dealkylation sites (tertiary alicyclic amines) is 1. The van der Waals surface area contributed by atoms with Crippen molar-refractivity contribution in [3.05, 3.63) is 16.0 Å². The third kappa shape index (κ3) is 3.90. The van der Waals surface area contributed by atoms with E-state index in [1.807, 2.05) is 0 Å². The van der Waals surface area contributed by atoms with Crippen LogP contribution in [0.15, 0.2) is 0 Å². The predicted octanol–water partition coefficient (Wildman–Crippen LogP) is 2.91. The molecule has 0 unspecified atom stereocenters. The van der Waals surface area contributed by atoms with Crippen LogP contribution in [-0.2, 0) is 27.1 Å². The summed E-state index contributed by atoms with van der Waals surface area (Å²) in [5.74, 6) is 0.247. The number of piperidine rings is 1. The lowest BCUT2D eigenvalue weighted by atomic mass is 9.86. The van der Waals surface area contributed by atoms with Gasteiger partial charge in [0.15, 0.2) is 5.79 Å². The number of carbonyl (C=O) groups is 1. The Balaban J connectivity index is 1.36. The molecule has 1 aromatic heterocycles. The molecule has 146 valence electrons. The molecule has 1 amide bonds. The summed E-state index contributed by atoms with van der Waals surface area (Å²) in [5.41, 5.74) is 1.85. The molecule has 0 saturated carbocycles. The van der Waals surface area contributed by atoms with E-state index >= 15 is 0 Å². The van der Waals surface area contributed by atoms with Gasteiger partial charge in [0, 0.05) is 30.8 Å². The lowest BCUT2D eigenvalue weighted by molar-refractivity contribution is -0.185. The highest BCUT2D eigenvalue weighted by atomic mass is 32.1. The zero-order valence-corrected chi connectivity index (χ0v) is 16.7. The fourth-order valence-corrected chi connectivity index (χ4v) is 5.74. The largest absolute Gasteiger partial charge is 0.347 e. The van der Waals surface area contributed by atoms with Gasteiger partial charge in [0.25, 0.3) is 0 Å². The highest BCUT2D eigenvalue weighted by molar-refractivity contribution is 7.16. The smallest absolute Gasteiger partial charge is 0.239 e. The van der Waals surface area contributed by atoms with Crippen LogP contribution in [0.2, 0.25) is 0 Å². The predicted molar refractivity (Wildman–Crippen MR) is 104 cm³/mol. The van der Waals surface area contributed by atoms with Crippen LogP contribution in [0.1, 0.15) is 48.6 Å². The Labute approximate surface area is 164 Å². The molecule has 2 aliphatic heterocycles. The molecule has 4 rings (SSSR count). The molecule has 7 heteroatoms. The lowest BCUT2D eigenvalue weighted by Crippen LogP contribution is -2.47. The molecule has 0 bridgehead atoms. The quantitative estimate of drug-likeness (QED) is 0.857. The molecule has 1 N–H and O–H groups in total. The van der Waals surface area contributed by atoms with Crippen LogP contribution in [0.4, 0.5) is 5.00 Å². The summed E-state index contributed by atoms with van der Waals surface area (Å²) in [4.78, 5) is 16.0. The van der Waals surface area contributed by atoms with Gasteiger partial charge < -0.3 is 14.8 Å². The van der Waals surface area contributed by atoms with Crippen molar-refractivity contribution in [3.63, 3.8) is 0 Å². The SMILES string of the molecule is CC[C@@H]1CCc2c(sc(NC(=O)CN3CCC4(CC3)OCCO4)c2C#N)C1. The number of ether oxygens (including phenoxy) is 2. The second-order valence-corrected chi connectivity index (χ2v) is 8.87. The highest BCUT2D eigenvalue weighted by Gasteiger charge is 2.40. The third-order valence-electron chi connectivity index (χ3n) is 6.11. The van der Waals surface area contributed by atoms with E-state index in [4.69, 9.17) is 9.47 Å². The summed E-state index contributed by atoms with van der Waals surface area (Å²) in [7, 11) is 0. The first-order chi connectivity index (χ1) is 13.1. The van der Waals surface area contributed by atoms with Crippen molar-refractivity contribution >= 4 is 22.2 Å². The maximum atomic E-state index is 12.6. The van der Waals surface area contributed by atoms with Gasteiger partial charge in [0.05, 0.1) is 25.3 Å². The van der Waals surface area contributed by atoms with Crippen LogP contribution in [0.25, 0.3) is 0 Å². The molecule has 1 spiro atoms. The van der Waals surface area contributed by atoms with E-state index in [9.17, 15) is 10.1 Å². The first-order valence-corrected chi connectivity index (χ1v) is 10.8. The van der Waals surface area contributed by atoms with Gasteiger partial charge in [0.1, 0.15) is 11.1 Å². The molecule has 3 heterocycles. The number of amides is 1. The molecule has 1 aromatic rings. The number of nitrogens with one attached hydrogen (secondary N) is 1. The molecular weight excluding hydrogens is 362 g/mol. The Bertz CT molecular complexity index is 738. The van der Waals surface area contributed by atoms with Crippen molar-refractivity contribution in [2.45, 2.75) is 51.2 Å². The first kappa shape index (κ1) is 18.9. The summed E-state index contributed by atoms with van der Waals surface area (Å²) in [5, 5.41) is 13.4. The van der Waals surface area contributed by atoms with Crippen LogP contribution >= 0.6 is 11.3 Å². The number of hydrogen-bond acceptors (Lipinski definition) is 6. The van der Waals surface area contributed by atoms with Gasteiger partial charge in [-0.3, -0.25) is 9.69 Å². The monoisotopic (exact) mass is 389 g/mol. The van der Waals surface area contributed by atoms with Crippen molar-refractivity contribution in [3.8, 4) is 6.07 Å². The summed E-state index contributed by atoms with van der Waals surface area (Å²) >= 11 is 1.60. The van der Waals surface area contributed by atoms with E-state index in [0.717, 1.165) is 55.8 Å². The van der Waals surface area contributed by atoms with Gasteiger partial charge in [0.2, 0.25) is 5.91 Å². The third-order valence-corrected chi connectivity index (χ3v) is 7.28. The van der Waals surface area contributed by atoms with Gasteiger partial charge in [-0.1, -0.05) is 13.3 Å². The van der Waals surface area contributed by atoms with Crippen LogP contribution in [0, 0.1) is 17.2 Å². The normalized spacial score (nSPS) is 24.5. The second-order valence-electron chi connectivity index (χ2n) is 7.77. The number of anilines is 1. The minimum Gasteiger partial charge on any atom is -0.347 e. The van der Waals surface area contributed by atoms with Crippen LogP contribution in [0.5, 0.6) is 0 Å². The molecule has 2 fully saturated rings. The summed E-state index contributed by atoms with van der Waals surface area (Å²) < 4.78 is 11.5. The van der Waals surface area contributed by atoms with Crippen molar-refractivity contribution in [2.75, 3.05) is 38.2 Å². The lowest BCUT2D eigenvalue weighted by Gasteiger charge is -2.37. The van der Waals surface area contributed by atoms with Crippen molar-refractivity contribution in [1.29, 1.82) is 5.26 Å². The van der Waals surface area contributed by atoms with Crippen molar-refractivity contribution in [1.82, 2.24) is 4.90 Å². The summed E-state index contributed by atoms with van der Waals surface area (Å²) in [6.45, 7) is 5.48. The molecule has 6 nitrogen and oxygen atoms in total. The van der Waals surface area contributed by atoms with Crippen LogP contribution < -0.4 is 5.32 Å². The number of nitrogens with zero attached hydrogens (tertiary/aromatic N) is 2. The van der Waals surface area contributed by atoms with E-state index in [1.165, 1.54) is 11.3 Å². The Morgan fingerprint density at radius 2 is 2.11 bits per heavy atom. The number of rotatable bonds is 4. The van der Waals surface area contributed by atoms with Crippen molar-refractivity contribution in [2.24, 2.45) is 5.92 Å². The topological polar surface area (TPSA) is 74.6 Å². The summed E-state index contributed by atoms with van der Waals surface area (Å²) in [6, 6.07) is 2.33. The Morgan fingerprint density at radius 3 is 2.78 bits per heavy atom. The number of hydrogen-bond donors (Lipinski definition) is 1. The zero-order chi connectivity index (χ0) is 18.9. The van der Waals surface area contributed by atoms with Gasteiger partial charge in [-0.25, -0.2) is 0 Å². The van der Waals surface area contributed by atoms with E-state index in [0.29, 0.717) is 31.2 Å². The number of thiophene rings is 1. The second kappa shape index (κ2) is 7.88. The fourth-order valence-electron chi connectivity index (χ4n) is 4.42. The molecule has 27 heavy (non-hydrogen) atoms. The highest BCUT2D eigenvalue weighted by Crippen LogP contribution is 2.40. The minimum absolute atomic E-state index is 0.0404. The molecule has 2 saturated heterocycles. The van der Waals surface area contributed by atoms with E-state index in [2.05, 4.69) is 23.2 Å². The average Bonchev–Trinajstić information content (AvgIpc) is 3.27. The molecule has 3 aliphatic rings. The Kier molecular flexibility index (Phi) is 5.51. The maximum Gasteiger partial charge on any atom is 0.239 e. The van der Waals surface area contributed by atoms with Gasteiger partial charge >= 0.3 is 0 Å². The molecule has 1 aliphatic carbocycles. The van der Waals surface area contributed by atoms with Crippen molar-refractivity contribution < 1.29 is 14.3 Å². The number of fused-ring (bicyclic) bond motifs is 1. The number of carbonyl (C=O) groups excluding carboxylic acids is 1. The number of nitriles is 1. The molecule has 0 radical (unpaired) electrons. The van der Waals surface area contributed by atoms with E-state index < -0.39 is 5.79 Å². The van der Waals surface area contributed by atoms with Crippen LogP contribution in [0.3, 0.4) is 0 Å². The molecular formula is C20H27N3O3S. The van der Waals surface area contributed by atoms with Crippen LogP contribution in [-0.4, -0.2) is 49.4 Å². The first-order valence-electron chi connectivity index (χ1n) is 9.97. The molecule has 0 aromatic carbocycles. The average molecular weight is 390 g/mol. The minimum atomic E-state index is -0.413. The van der Waals surface area contributed by atoms with E-state index in [1.54, 1.807) is 11.3 Å². The molecule has 1 atom stereocenters. The zero-order valence-electron chi connectivity index (χ0n) is 15.9. The standard InChI is InChI=1S/C20H27N3O3S/c1-2-14-3-4-15-16(12-21)19(27-17(15)11-14)22-18(24)13-23-7-5-20(6-8-23)25-9-10-26-20/h14H,2-11,13H2,1H3,(H,22,24)/t14-/m1/s1. The summed E-state index contributed by atoms with van der Waals surface area (Å²) in [6.07, 6.45) is 5.91. The fraction of sp³-hybridized carbons (Fsp3) is 0.700. The van der Waals surface area contributed by atoms with E-state index in [-0.39, 0.29) is 5.91 Å². The Morgan fingerprint density at radius 1 is 1.37 bits per heavy atom. The van der Waals surface area contributed by atoms with Gasteiger partial charge in [-0.2, -0.15) is 5.26 Å². The Hall–Kier alpha value is -1.46. The van der Waals surface area contributed by atoms with Gasteiger partial charge in [-0.15, -0.1) is 11.3 Å². The maximum absolute atomic E-state index is 12.6.